The summed E-state index contributed by atoms with van der Waals surface area (Å²) in [4.78, 5) is 23.5. The fraction of sp³-hybridized carbons (Fsp3) is 0.643. The van der Waals surface area contributed by atoms with Crippen molar-refractivity contribution in [1.29, 1.82) is 0 Å². The quantitative estimate of drug-likeness (QED) is 0.537. The zero-order chi connectivity index (χ0) is 16.4. The minimum absolute atomic E-state index is 0.299. The van der Waals surface area contributed by atoms with Crippen molar-refractivity contribution >= 4 is 23.9 Å². The van der Waals surface area contributed by atoms with Crippen molar-refractivity contribution in [2.45, 2.75) is 51.6 Å². The highest BCUT2D eigenvalue weighted by Gasteiger charge is 2.19. The number of hydrogen-bond donors (Lipinski definition) is 2. The number of urea groups is 1. The summed E-state index contributed by atoms with van der Waals surface area (Å²) in [5.74, 6) is -0.427. The first-order chi connectivity index (χ1) is 10.6. The maximum Gasteiger partial charge on any atom is 0.342 e. The van der Waals surface area contributed by atoms with Crippen molar-refractivity contribution in [3.63, 3.8) is 0 Å². The van der Waals surface area contributed by atoms with Crippen molar-refractivity contribution in [1.82, 2.24) is 19.8 Å². The molecule has 22 heavy (non-hydrogen) atoms. The van der Waals surface area contributed by atoms with Crippen LogP contribution < -0.4 is 10.0 Å². The smallest absolute Gasteiger partial charge is 0.342 e. The second-order valence-corrected chi connectivity index (χ2v) is 5.44. The maximum atomic E-state index is 12.0. The summed E-state index contributed by atoms with van der Waals surface area (Å²) in [6.45, 7) is 7.44. The molecule has 2 N–H and O–H groups in total. The van der Waals surface area contributed by atoms with Gasteiger partial charge in [-0.3, -0.25) is 9.40 Å². The number of carbonyl (C=O) groups is 2. The molecule has 0 radical (unpaired) electrons. The van der Waals surface area contributed by atoms with Crippen LogP contribution in [0.2, 0.25) is 0 Å². The summed E-state index contributed by atoms with van der Waals surface area (Å²) < 4.78 is 9.36. The van der Waals surface area contributed by atoms with Gasteiger partial charge in [-0.2, -0.15) is 5.10 Å². The lowest BCUT2D eigenvalue weighted by atomic mass is 10.3. The third-order valence-corrected chi connectivity index (χ3v) is 3.52. The summed E-state index contributed by atoms with van der Waals surface area (Å²) in [6, 6.07) is -0.301. The van der Waals surface area contributed by atoms with Crippen molar-refractivity contribution in [3.05, 3.63) is 11.8 Å². The van der Waals surface area contributed by atoms with Gasteiger partial charge in [0.15, 0.2) is 5.03 Å². The third kappa shape index (κ3) is 5.97. The molecule has 2 amide bonds. The minimum atomic E-state index is -0.427. The second kappa shape index (κ2) is 10.1. The SMILES string of the molecule is CCCCn1cc(C(=O)OCC)c(SNC(=O)NCCC)n1. The molecule has 0 aliphatic rings. The Hall–Kier alpha value is -1.70. The standard InChI is InChI=1S/C14H24N4O3S/c1-4-7-9-18-10-11(13(19)21-6-3)12(16-18)22-17-14(20)15-8-5-2/h10H,4-9H2,1-3H3,(H2,15,17,20). The average Bonchev–Trinajstić information content (AvgIpc) is 2.92. The largest absolute Gasteiger partial charge is 0.462 e. The van der Waals surface area contributed by atoms with E-state index in [1.807, 2.05) is 6.92 Å². The monoisotopic (exact) mass is 328 g/mol. The van der Waals surface area contributed by atoms with Crippen LogP contribution in [0, 0.1) is 0 Å². The third-order valence-electron chi connectivity index (χ3n) is 2.74. The van der Waals surface area contributed by atoms with E-state index in [0.717, 1.165) is 37.8 Å². The molecule has 1 heterocycles. The zero-order valence-corrected chi connectivity index (χ0v) is 14.2. The number of rotatable bonds is 9. The molecule has 1 rings (SSSR count). The van der Waals surface area contributed by atoms with Gasteiger partial charge in [0.05, 0.1) is 6.61 Å². The van der Waals surface area contributed by atoms with Crippen LogP contribution in [-0.4, -0.2) is 34.9 Å². The van der Waals surface area contributed by atoms with Crippen LogP contribution in [0.25, 0.3) is 0 Å². The predicted molar refractivity (Wildman–Crippen MR) is 85.8 cm³/mol. The average molecular weight is 328 g/mol. The summed E-state index contributed by atoms with van der Waals surface area (Å²) >= 11 is 1.02. The molecule has 1 aromatic heterocycles. The Bertz CT molecular complexity index is 490. The maximum absolute atomic E-state index is 12.0. The normalized spacial score (nSPS) is 10.3. The van der Waals surface area contributed by atoms with Gasteiger partial charge >= 0.3 is 12.0 Å². The fourth-order valence-corrected chi connectivity index (χ4v) is 2.29. The molecule has 0 saturated carbocycles. The van der Waals surface area contributed by atoms with E-state index in [4.69, 9.17) is 4.74 Å². The zero-order valence-electron chi connectivity index (χ0n) is 13.3. The molecule has 0 aliphatic heterocycles. The fourth-order valence-electron chi connectivity index (χ4n) is 1.63. The van der Waals surface area contributed by atoms with Gasteiger partial charge in [0.1, 0.15) is 5.56 Å². The molecule has 0 spiro atoms. The van der Waals surface area contributed by atoms with E-state index in [0.29, 0.717) is 23.7 Å². The number of unbranched alkanes of at least 4 members (excludes halogenated alkanes) is 1. The topological polar surface area (TPSA) is 85.2 Å². The van der Waals surface area contributed by atoms with Crippen LogP contribution in [0.15, 0.2) is 11.2 Å². The van der Waals surface area contributed by atoms with Gasteiger partial charge in [-0.05, 0) is 19.8 Å². The Kier molecular flexibility index (Phi) is 8.42. The van der Waals surface area contributed by atoms with Crippen LogP contribution in [0.1, 0.15) is 50.4 Å². The lowest BCUT2D eigenvalue weighted by molar-refractivity contribution is 0.0522. The predicted octanol–water partition coefficient (Wildman–Crippen LogP) is 2.58. The molecule has 1 aromatic rings. The van der Waals surface area contributed by atoms with Gasteiger partial charge in [0, 0.05) is 31.2 Å². The Morgan fingerprint density at radius 2 is 2.09 bits per heavy atom. The molecule has 0 saturated heterocycles. The molecule has 8 heteroatoms. The first kappa shape index (κ1) is 18.3. The molecule has 124 valence electrons. The number of nitrogens with one attached hydrogen (secondary N) is 2. The van der Waals surface area contributed by atoms with E-state index < -0.39 is 5.97 Å². The van der Waals surface area contributed by atoms with E-state index in [1.165, 1.54) is 0 Å². The molecule has 0 bridgehead atoms. The van der Waals surface area contributed by atoms with Crippen LogP contribution in [-0.2, 0) is 11.3 Å². The lowest BCUT2D eigenvalue weighted by Gasteiger charge is -2.05. The first-order valence-corrected chi connectivity index (χ1v) is 8.39. The van der Waals surface area contributed by atoms with Crippen LogP contribution in [0.3, 0.4) is 0 Å². The Balaban J connectivity index is 2.74. The van der Waals surface area contributed by atoms with Gasteiger partial charge in [0.25, 0.3) is 0 Å². The lowest BCUT2D eigenvalue weighted by Crippen LogP contribution is -2.31. The minimum Gasteiger partial charge on any atom is -0.462 e. The number of aryl methyl sites for hydroxylation is 1. The Morgan fingerprint density at radius 3 is 2.73 bits per heavy atom. The van der Waals surface area contributed by atoms with Gasteiger partial charge < -0.3 is 10.1 Å². The van der Waals surface area contributed by atoms with Crippen LogP contribution >= 0.6 is 11.9 Å². The summed E-state index contributed by atoms with van der Waals surface area (Å²) in [5.41, 5.74) is 0.374. The molecule has 0 unspecified atom stereocenters. The van der Waals surface area contributed by atoms with E-state index in [2.05, 4.69) is 22.1 Å². The number of hydrogen-bond acceptors (Lipinski definition) is 5. The highest BCUT2D eigenvalue weighted by Crippen LogP contribution is 2.19. The van der Waals surface area contributed by atoms with E-state index in [9.17, 15) is 9.59 Å². The summed E-state index contributed by atoms with van der Waals surface area (Å²) in [6.07, 6.45) is 4.53. The highest BCUT2D eigenvalue weighted by atomic mass is 32.2. The molecular formula is C14H24N4O3S. The number of esters is 1. The molecule has 7 nitrogen and oxygen atoms in total. The van der Waals surface area contributed by atoms with Gasteiger partial charge in [-0.1, -0.05) is 20.3 Å². The second-order valence-electron chi connectivity index (χ2n) is 4.65. The number of carbonyl (C=O) groups excluding carboxylic acids is 2. The summed E-state index contributed by atoms with van der Waals surface area (Å²) in [5, 5.41) is 7.48. The van der Waals surface area contributed by atoms with Crippen LogP contribution in [0.5, 0.6) is 0 Å². The van der Waals surface area contributed by atoms with Gasteiger partial charge in [-0.25, -0.2) is 9.59 Å². The first-order valence-electron chi connectivity index (χ1n) is 7.57. The molecule has 0 atom stereocenters. The Labute approximate surface area is 135 Å². The van der Waals surface area contributed by atoms with Gasteiger partial charge in [-0.15, -0.1) is 0 Å². The van der Waals surface area contributed by atoms with E-state index >= 15 is 0 Å². The van der Waals surface area contributed by atoms with Crippen LogP contribution in [0.4, 0.5) is 4.79 Å². The molecule has 0 fully saturated rings. The number of amides is 2. The van der Waals surface area contributed by atoms with Crippen molar-refractivity contribution in [2.75, 3.05) is 13.2 Å². The van der Waals surface area contributed by atoms with Crippen molar-refractivity contribution in [2.24, 2.45) is 0 Å². The molecule has 0 aromatic carbocycles. The number of aromatic nitrogens is 2. The van der Waals surface area contributed by atoms with Crippen molar-refractivity contribution in [3.8, 4) is 0 Å². The van der Waals surface area contributed by atoms with Gasteiger partial charge in [0.2, 0.25) is 0 Å². The van der Waals surface area contributed by atoms with Crippen molar-refractivity contribution < 1.29 is 14.3 Å². The van der Waals surface area contributed by atoms with E-state index in [1.54, 1.807) is 17.8 Å². The Morgan fingerprint density at radius 1 is 1.32 bits per heavy atom. The number of ether oxygens (including phenoxy) is 1. The molecule has 0 aliphatic carbocycles. The number of nitrogens with zero attached hydrogens (tertiary/aromatic N) is 2. The molecular weight excluding hydrogens is 304 g/mol. The highest BCUT2D eigenvalue weighted by molar-refractivity contribution is 7.98. The van der Waals surface area contributed by atoms with E-state index in [-0.39, 0.29) is 6.03 Å². The summed E-state index contributed by atoms with van der Waals surface area (Å²) in [7, 11) is 0.